The lowest BCUT2D eigenvalue weighted by Crippen LogP contribution is -2.25. The van der Waals surface area contributed by atoms with E-state index < -0.39 is 0 Å². The highest BCUT2D eigenvalue weighted by molar-refractivity contribution is 5.86. The van der Waals surface area contributed by atoms with Crippen LogP contribution in [0.4, 0.5) is 0 Å². The Morgan fingerprint density at radius 1 is 1.24 bits per heavy atom. The van der Waals surface area contributed by atoms with Crippen LogP contribution in [0.2, 0.25) is 0 Å². The first-order valence-corrected chi connectivity index (χ1v) is 8.84. The second-order valence-corrected chi connectivity index (χ2v) is 7.67. The van der Waals surface area contributed by atoms with Crippen LogP contribution in [0, 0.1) is 6.92 Å². The molecule has 1 aliphatic heterocycles. The van der Waals surface area contributed by atoms with Crippen molar-refractivity contribution >= 4 is 6.29 Å². The fourth-order valence-corrected chi connectivity index (χ4v) is 3.59. The van der Waals surface area contributed by atoms with Gasteiger partial charge in [0.25, 0.3) is 0 Å². The van der Waals surface area contributed by atoms with E-state index in [1.165, 1.54) is 0 Å². The number of ether oxygens (including phenoxy) is 2. The van der Waals surface area contributed by atoms with Crippen LogP contribution in [0.25, 0.3) is 0 Å². The van der Waals surface area contributed by atoms with Gasteiger partial charge in [-0.15, -0.1) is 0 Å². The maximum Gasteiger partial charge on any atom is 0.154 e. The smallest absolute Gasteiger partial charge is 0.154 e. The van der Waals surface area contributed by atoms with Gasteiger partial charge < -0.3 is 9.47 Å². The van der Waals surface area contributed by atoms with Crippen molar-refractivity contribution in [2.24, 2.45) is 0 Å². The van der Waals surface area contributed by atoms with Gasteiger partial charge in [0, 0.05) is 17.5 Å². The summed E-state index contributed by atoms with van der Waals surface area (Å²) in [5.74, 6) is 1.75. The largest absolute Gasteiger partial charge is 0.488 e. The minimum Gasteiger partial charge on any atom is -0.488 e. The molecule has 0 aromatic heterocycles. The van der Waals surface area contributed by atoms with E-state index in [0.717, 1.165) is 46.5 Å². The summed E-state index contributed by atoms with van der Waals surface area (Å²) in [5.41, 5.74) is 4.59. The van der Waals surface area contributed by atoms with Crippen molar-refractivity contribution in [3.8, 4) is 11.5 Å². The molecule has 3 rings (SSSR count). The molecule has 0 spiro atoms. The number of hydrogen-bond donors (Lipinski definition) is 0. The zero-order valence-electron chi connectivity index (χ0n) is 15.7. The quantitative estimate of drug-likeness (QED) is 0.701. The van der Waals surface area contributed by atoms with E-state index in [0.29, 0.717) is 12.2 Å². The van der Waals surface area contributed by atoms with Gasteiger partial charge in [-0.1, -0.05) is 44.2 Å². The summed E-state index contributed by atoms with van der Waals surface area (Å²) in [7, 11) is 0. The Labute approximate surface area is 150 Å². The monoisotopic (exact) mass is 338 g/mol. The molecule has 0 unspecified atom stereocenters. The van der Waals surface area contributed by atoms with E-state index in [1.54, 1.807) is 0 Å². The molecule has 132 valence electrons. The van der Waals surface area contributed by atoms with Gasteiger partial charge in [-0.25, -0.2) is 0 Å². The predicted octanol–water partition coefficient (Wildman–Crippen LogP) is 5.22. The average Bonchev–Trinajstić information content (AvgIpc) is 2.90. The van der Waals surface area contributed by atoms with Crippen molar-refractivity contribution in [3.05, 3.63) is 58.1 Å². The number of rotatable bonds is 5. The fraction of sp³-hybridized carbons (Fsp3) is 0.409. The highest BCUT2D eigenvalue weighted by Gasteiger charge is 2.36. The molecule has 25 heavy (non-hydrogen) atoms. The third-order valence-electron chi connectivity index (χ3n) is 4.75. The zero-order valence-corrected chi connectivity index (χ0v) is 15.7. The summed E-state index contributed by atoms with van der Waals surface area (Å²) < 4.78 is 12.4. The van der Waals surface area contributed by atoms with E-state index in [9.17, 15) is 4.79 Å². The molecule has 3 heteroatoms. The average molecular weight is 338 g/mol. The number of aldehydes is 1. The van der Waals surface area contributed by atoms with E-state index in [4.69, 9.17) is 9.47 Å². The molecule has 0 saturated heterocycles. The van der Waals surface area contributed by atoms with Crippen molar-refractivity contribution < 1.29 is 14.3 Å². The standard InChI is InChI=1S/C22H26O3/c1-14(2)19-18(12-23)21-17(11-22(4,5)25-21)15(3)20(19)24-13-16-9-7-6-8-10-16/h6-10,12,14H,11,13H2,1-5H3. The summed E-state index contributed by atoms with van der Waals surface area (Å²) in [6.45, 7) is 10.8. The first-order valence-electron chi connectivity index (χ1n) is 8.84. The molecule has 0 fully saturated rings. The van der Waals surface area contributed by atoms with Gasteiger partial charge >= 0.3 is 0 Å². The SMILES string of the molecule is Cc1c2c(c(C=O)c(C(C)C)c1OCc1ccccc1)OC(C)(C)C2. The summed E-state index contributed by atoms with van der Waals surface area (Å²) in [5, 5.41) is 0. The first kappa shape index (κ1) is 17.5. The lowest BCUT2D eigenvalue weighted by atomic mass is 9.88. The molecular formula is C22H26O3. The van der Waals surface area contributed by atoms with E-state index in [2.05, 4.69) is 34.6 Å². The normalized spacial score (nSPS) is 15.0. The lowest BCUT2D eigenvalue weighted by molar-refractivity contribution is 0.110. The minimum atomic E-state index is -0.294. The molecule has 0 amide bonds. The number of carbonyl (C=O) groups excluding carboxylic acids is 1. The van der Waals surface area contributed by atoms with Crippen molar-refractivity contribution in [1.82, 2.24) is 0 Å². The molecule has 1 aliphatic rings. The molecule has 3 nitrogen and oxygen atoms in total. The molecule has 0 bridgehead atoms. The van der Waals surface area contributed by atoms with Crippen molar-refractivity contribution in [2.75, 3.05) is 0 Å². The van der Waals surface area contributed by atoms with Gasteiger partial charge in [-0.2, -0.15) is 0 Å². The van der Waals surface area contributed by atoms with Crippen molar-refractivity contribution in [3.63, 3.8) is 0 Å². The number of hydrogen-bond acceptors (Lipinski definition) is 3. The van der Waals surface area contributed by atoms with E-state index in [-0.39, 0.29) is 11.5 Å². The summed E-state index contributed by atoms with van der Waals surface area (Å²) in [6, 6.07) is 10.1. The molecule has 0 aliphatic carbocycles. The Balaban J connectivity index is 2.09. The molecule has 0 N–H and O–H groups in total. The molecule has 0 radical (unpaired) electrons. The lowest BCUT2D eigenvalue weighted by Gasteiger charge is -2.22. The second-order valence-electron chi connectivity index (χ2n) is 7.67. The molecule has 0 atom stereocenters. The van der Waals surface area contributed by atoms with Gasteiger partial charge in [0.1, 0.15) is 23.7 Å². The van der Waals surface area contributed by atoms with Crippen molar-refractivity contribution in [1.29, 1.82) is 0 Å². The van der Waals surface area contributed by atoms with E-state index >= 15 is 0 Å². The molecular weight excluding hydrogens is 312 g/mol. The Kier molecular flexibility index (Phi) is 4.59. The third-order valence-corrected chi connectivity index (χ3v) is 4.75. The maximum absolute atomic E-state index is 11.9. The van der Waals surface area contributed by atoms with Gasteiger partial charge in [-0.05, 0) is 37.8 Å². The van der Waals surface area contributed by atoms with Gasteiger partial charge in [0.05, 0.1) is 5.56 Å². The summed E-state index contributed by atoms with van der Waals surface area (Å²) in [4.78, 5) is 11.9. The Hall–Kier alpha value is -2.29. The highest BCUT2D eigenvalue weighted by atomic mass is 16.5. The molecule has 0 saturated carbocycles. The Morgan fingerprint density at radius 2 is 1.92 bits per heavy atom. The number of fused-ring (bicyclic) bond motifs is 1. The topological polar surface area (TPSA) is 35.5 Å². The Bertz CT molecular complexity index is 789. The summed E-state index contributed by atoms with van der Waals surface area (Å²) in [6.07, 6.45) is 1.71. The van der Waals surface area contributed by atoms with Crippen LogP contribution in [-0.4, -0.2) is 11.9 Å². The van der Waals surface area contributed by atoms with Crippen LogP contribution in [0.3, 0.4) is 0 Å². The van der Waals surface area contributed by atoms with Crippen LogP contribution in [0.15, 0.2) is 30.3 Å². The zero-order chi connectivity index (χ0) is 18.2. The van der Waals surface area contributed by atoms with Crippen LogP contribution in [0.5, 0.6) is 11.5 Å². The Morgan fingerprint density at radius 3 is 2.52 bits per heavy atom. The van der Waals surface area contributed by atoms with Gasteiger partial charge in [0.15, 0.2) is 6.29 Å². The fourth-order valence-electron chi connectivity index (χ4n) is 3.59. The third kappa shape index (κ3) is 3.28. The molecule has 1 heterocycles. The number of benzene rings is 2. The van der Waals surface area contributed by atoms with Crippen LogP contribution in [0.1, 0.15) is 66.2 Å². The molecule has 2 aromatic carbocycles. The minimum absolute atomic E-state index is 0.169. The molecule has 2 aromatic rings. The maximum atomic E-state index is 11.9. The van der Waals surface area contributed by atoms with Gasteiger partial charge in [-0.3, -0.25) is 4.79 Å². The van der Waals surface area contributed by atoms with Crippen LogP contribution >= 0.6 is 0 Å². The van der Waals surface area contributed by atoms with Crippen LogP contribution in [-0.2, 0) is 13.0 Å². The first-order chi connectivity index (χ1) is 11.8. The highest BCUT2D eigenvalue weighted by Crippen LogP contribution is 2.47. The van der Waals surface area contributed by atoms with E-state index in [1.807, 2.05) is 30.3 Å². The van der Waals surface area contributed by atoms with Crippen molar-refractivity contribution in [2.45, 2.75) is 59.2 Å². The second kappa shape index (κ2) is 6.55. The summed E-state index contributed by atoms with van der Waals surface area (Å²) >= 11 is 0. The van der Waals surface area contributed by atoms with Crippen LogP contribution < -0.4 is 9.47 Å². The number of carbonyl (C=O) groups is 1. The predicted molar refractivity (Wildman–Crippen MR) is 99.8 cm³/mol. The van der Waals surface area contributed by atoms with Gasteiger partial charge in [0.2, 0.25) is 0 Å².